The molecule has 1 saturated heterocycles. The van der Waals surface area contributed by atoms with Crippen LogP contribution in [0, 0.1) is 30.6 Å². The molecular weight excluding hydrogens is 764 g/mol. The van der Waals surface area contributed by atoms with Gasteiger partial charge in [-0.25, -0.2) is 0 Å². The molecule has 59 heavy (non-hydrogen) atoms. The van der Waals surface area contributed by atoms with Crippen molar-refractivity contribution >= 4 is 40.3 Å². The van der Waals surface area contributed by atoms with Crippen molar-refractivity contribution in [1.29, 1.82) is 0 Å². The number of phenolic OH excluding ortho intramolecular Hbond substituents is 3. The largest absolute Gasteiger partial charge is 0.507 e. The van der Waals surface area contributed by atoms with Gasteiger partial charge in [0.05, 0.1) is 53.0 Å². The minimum atomic E-state index is -2.04. The Labute approximate surface area is 344 Å². The van der Waals surface area contributed by atoms with Crippen molar-refractivity contribution in [1.82, 2.24) is 9.91 Å². The number of hydrogen-bond acceptors (Lipinski definition) is 15. The Morgan fingerprint density at radius 2 is 1.61 bits per heavy atom. The summed E-state index contributed by atoms with van der Waals surface area (Å²) in [5.41, 5.74) is -0.350. The first-order valence-electron chi connectivity index (χ1n) is 19.8. The summed E-state index contributed by atoms with van der Waals surface area (Å²) in [6.45, 7) is 15.1. The maximum atomic E-state index is 14.4. The highest BCUT2D eigenvalue weighted by atomic mass is 16.7. The van der Waals surface area contributed by atoms with E-state index in [-0.39, 0.29) is 44.5 Å². The molecule has 322 valence electrons. The van der Waals surface area contributed by atoms with Crippen LogP contribution in [0.2, 0.25) is 0 Å². The molecule has 6 rings (SSSR count). The first kappa shape index (κ1) is 44.9. The lowest BCUT2D eigenvalue weighted by atomic mass is 9.78. The number of ether oxygens (including phenoxy) is 4. The molecule has 6 N–H and O–H groups in total. The van der Waals surface area contributed by atoms with Crippen LogP contribution < -0.4 is 10.1 Å². The number of allylic oxidation sites excluding steroid dienone is 2. The minimum Gasteiger partial charge on any atom is -0.507 e. The maximum Gasteiger partial charge on any atom is 0.312 e. The number of piperazine rings is 1. The fourth-order valence-electron chi connectivity index (χ4n) is 7.92. The molecule has 1 amide bonds. The van der Waals surface area contributed by atoms with Gasteiger partial charge >= 0.3 is 11.8 Å². The Morgan fingerprint density at radius 3 is 2.24 bits per heavy atom. The molecule has 6 unspecified atom stereocenters. The number of aromatic hydroxyl groups is 3. The molecule has 0 saturated carbocycles. The number of nitrogens with one attached hydrogen (secondary N) is 1. The summed E-state index contributed by atoms with van der Waals surface area (Å²) in [6.07, 6.45) is 4.86. The lowest BCUT2D eigenvalue weighted by Crippen LogP contribution is -2.46. The van der Waals surface area contributed by atoms with Gasteiger partial charge in [0, 0.05) is 87.3 Å². The number of aliphatic hydroxyl groups excluding tert-OH is 2. The van der Waals surface area contributed by atoms with Crippen molar-refractivity contribution in [2.24, 2.45) is 28.8 Å². The predicted octanol–water partition coefficient (Wildman–Crippen LogP) is 4.34. The number of aliphatic hydroxyl groups is 2. The molecule has 16 nitrogen and oxygen atoms in total. The third-order valence-electron chi connectivity index (χ3n) is 11.9. The lowest BCUT2D eigenvalue weighted by Gasteiger charge is -2.38. The second-order valence-electron chi connectivity index (χ2n) is 16.1. The van der Waals surface area contributed by atoms with E-state index >= 15 is 0 Å². The number of methoxy groups -OCH3 is 1. The summed E-state index contributed by atoms with van der Waals surface area (Å²) < 4.78 is 23.6. The maximum absolute atomic E-state index is 14.4. The van der Waals surface area contributed by atoms with Crippen LogP contribution in [0.25, 0.3) is 10.8 Å². The first-order valence-corrected chi connectivity index (χ1v) is 19.8. The number of Topliss-reactive ketones (excluding diaryl/α,β-unsaturated/α-hetero) is 1. The molecular formula is C43H58N4O12. The van der Waals surface area contributed by atoms with E-state index < -0.39 is 88.8 Å². The van der Waals surface area contributed by atoms with Crippen LogP contribution in [-0.2, 0) is 23.8 Å². The number of benzene rings is 2. The summed E-state index contributed by atoms with van der Waals surface area (Å²) in [6, 6.07) is 0. The number of amides is 1. The number of hydrogen-bond donors (Lipinski definition) is 6. The zero-order valence-corrected chi connectivity index (χ0v) is 35.3. The number of ketones is 1. The van der Waals surface area contributed by atoms with Gasteiger partial charge < -0.3 is 54.7 Å². The third-order valence-corrected chi connectivity index (χ3v) is 11.9. The summed E-state index contributed by atoms with van der Waals surface area (Å²) in [4.78, 5) is 42.6. The normalized spacial score (nSPS) is 32.1. The number of esters is 1. The number of hydrazone groups is 1. The van der Waals surface area contributed by atoms with Gasteiger partial charge in [-0.3, -0.25) is 19.4 Å². The summed E-state index contributed by atoms with van der Waals surface area (Å²) in [7, 11) is 3.42. The third kappa shape index (κ3) is 8.91. The Kier molecular flexibility index (Phi) is 13.7. The fourth-order valence-corrected chi connectivity index (χ4v) is 7.92. The van der Waals surface area contributed by atoms with Gasteiger partial charge in [0.25, 0.3) is 11.7 Å². The highest BCUT2D eigenvalue weighted by molar-refractivity contribution is 6.23. The van der Waals surface area contributed by atoms with Crippen molar-refractivity contribution in [3.63, 3.8) is 0 Å². The van der Waals surface area contributed by atoms with Gasteiger partial charge in [-0.1, -0.05) is 45.9 Å². The van der Waals surface area contributed by atoms with Crippen LogP contribution in [0.15, 0.2) is 41.2 Å². The van der Waals surface area contributed by atoms with Crippen molar-refractivity contribution in [3.05, 3.63) is 52.8 Å². The molecule has 0 spiro atoms. The van der Waals surface area contributed by atoms with Crippen LogP contribution in [0.1, 0.15) is 70.0 Å². The van der Waals surface area contributed by atoms with Gasteiger partial charge in [0.2, 0.25) is 0 Å². The molecule has 2 aromatic carbocycles. The standard InChI is InChI=1S/C43H58N4O12/c1-21-12-11-13-22(2)42(55)45-33-28(20-44-47-17-15-46(9)16-18-47)37(52)30-31(38(33)53)36(51)26(6)40-32(30)41(54)43(8,59-40)57-19-14-29(56-10)23(3)39(58-27(7)48)25(5)35(50)24(4)34(21)49/h11-14,19-21,23-25,29,34-35,39,49-53H,15-18H2,1-10H3,(H,45,55)/b12-11-,19-14-,22-13-,44-20?/t21?,23?,24-,25?,29?,34?,35?,39-,43+/m1/s1. The number of carbonyl (C=O) groups is 3. The van der Waals surface area contributed by atoms with Crippen LogP contribution in [0.3, 0.4) is 0 Å². The van der Waals surface area contributed by atoms with Crippen LogP contribution in [0.4, 0.5) is 5.69 Å². The Hall–Kier alpha value is -5.16. The fraction of sp³-hybridized carbons (Fsp3) is 0.535. The zero-order valence-electron chi connectivity index (χ0n) is 35.3. The van der Waals surface area contributed by atoms with E-state index in [1.54, 1.807) is 44.9 Å². The number of fused-ring (bicyclic) bond motifs is 14. The molecule has 0 aromatic heterocycles. The molecule has 0 aliphatic carbocycles. The van der Waals surface area contributed by atoms with Crippen LogP contribution >= 0.6 is 0 Å². The molecule has 4 heterocycles. The minimum absolute atomic E-state index is 0.0559. The van der Waals surface area contributed by atoms with Gasteiger partial charge in [0.1, 0.15) is 23.4 Å². The molecule has 0 radical (unpaired) electrons. The van der Waals surface area contributed by atoms with Crippen molar-refractivity contribution in [2.75, 3.05) is 45.7 Å². The van der Waals surface area contributed by atoms with Gasteiger partial charge in [-0.2, -0.15) is 5.10 Å². The van der Waals surface area contributed by atoms with Gasteiger partial charge in [-0.05, 0) is 27.0 Å². The van der Waals surface area contributed by atoms with Crippen LogP contribution in [-0.4, -0.2) is 130 Å². The van der Waals surface area contributed by atoms with E-state index in [0.29, 0.717) is 13.1 Å². The number of carbonyl (C=O) groups excluding carboxylic acids is 3. The second-order valence-corrected chi connectivity index (χ2v) is 16.1. The van der Waals surface area contributed by atoms with E-state index in [4.69, 9.17) is 18.9 Å². The Morgan fingerprint density at radius 1 is 0.949 bits per heavy atom. The molecule has 9 atom stereocenters. The summed E-state index contributed by atoms with van der Waals surface area (Å²) in [5.74, 6) is -8.34. The smallest absolute Gasteiger partial charge is 0.312 e. The van der Waals surface area contributed by atoms with Crippen molar-refractivity contribution in [2.45, 2.75) is 85.6 Å². The molecule has 4 aliphatic heterocycles. The number of nitrogens with zero attached hydrogens (tertiary/aromatic N) is 3. The number of anilines is 1. The zero-order chi connectivity index (χ0) is 43.7. The monoisotopic (exact) mass is 822 g/mol. The van der Waals surface area contributed by atoms with E-state index in [1.807, 2.05) is 7.05 Å². The highest BCUT2D eigenvalue weighted by Gasteiger charge is 2.50. The SMILES string of the molecule is COC1/C=C\O[C@@]2(C)Oc3c(C)c(O)c4c(O)c(c(C=NN5CCN(C)CC5)c(O)c4c3C2=O)NC(=O)/C(C)=C\C=C/C(C)C(O)[C@@H](C)C(O)C(C)[C@H](OC(C)=O)C1C. The predicted molar refractivity (Wildman–Crippen MR) is 220 cm³/mol. The Bertz CT molecular complexity index is 2070. The summed E-state index contributed by atoms with van der Waals surface area (Å²) >= 11 is 0. The lowest BCUT2D eigenvalue weighted by molar-refractivity contribution is -0.160. The molecule has 16 heteroatoms. The van der Waals surface area contributed by atoms with E-state index in [2.05, 4.69) is 15.3 Å². The van der Waals surface area contributed by atoms with Gasteiger partial charge in [0.15, 0.2) is 5.75 Å². The number of phenols is 3. The Balaban J connectivity index is 1.70. The van der Waals surface area contributed by atoms with E-state index in [0.717, 1.165) is 13.1 Å². The van der Waals surface area contributed by atoms with Crippen molar-refractivity contribution < 1.29 is 58.9 Å². The summed E-state index contributed by atoms with van der Waals surface area (Å²) in [5, 5.41) is 66.8. The molecule has 2 aromatic rings. The highest BCUT2D eigenvalue weighted by Crippen LogP contribution is 2.55. The quantitative estimate of drug-likeness (QED) is 0.109. The number of likely N-dealkylation sites (N-methyl/N-ethyl adjacent to an activating group) is 1. The van der Waals surface area contributed by atoms with Crippen LogP contribution in [0.5, 0.6) is 23.0 Å². The molecule has 4 aliphatic rings. The van der Waals surface area contributed by atoms with E-state index in [1.165, 1.54) is 59.4 Å². The van der Waals surface area contributed by atoms with Gasteiger partial charge in [-0.15, -0.1) is 0 Å². The average Bonchev–Trinajstić information content (AvgIpc) is 3.46. The average molecular weight is 823 g/mol. The van der Waals surface area contributed by atoms with Crippen molar-refractivity contribution in [3.8, 4) is 23.0 Å². The van der Waals surface area contributed by atoms with E-state index in [9.17, 15) is 39.9 Å². The number of rotatable bonds is 4. The topological polar surface area (TPSA) is 220 Å². The molecule has 5 bridgehead atoms. The first-order chi connectivity index (χ1) is 27.7. The molecule has 1 fully saturated rings. The second kappa shape index (κ2) is 18.0.